The van der Waals surface area contributed by atoms with Crippen LogP contribution in [-0.4, -0.2) is 33.5 Å². The lowest BCUT2D eigenvalue weighted by molar-refractivity contribution is 0.103. The van der Waals surface area contributed by atoms with Gasteiger partial charge in [-0.25, -0.2) is 4.98 Å². The molecule has 1 aliphatic carbocycles. The molecule has 3 heterocycles. The molecule has 0 radical (unpaired) electrons. The minimum Gasteiger partial charge on any atom is -0.298 e. The summed E-state index contributed by atoms with van der Waals surface area (Å²) in [5.74, 6) is 0.649. The van der Waals surface area contributed by atoms with E-state index >= 15 is 0 Å². The number of rotatable bonds is 3. The summed E-state index contributed by atoms with van der Waals surface area (Å²) in [5.41, 5.74) is 4.58. The summed E-state index contributed by atoms with van der Waals surface area (Å²) in [7, 11) is 0. The molecule has 2 aromatic heterocycles. The first-order valence-corrected chi connectivity index (χ1v) is 11.6. The summed E-state index contributed by atoms with van der Waals surface area (Å²) in [6.45, 7) is 3.68. The molecule has 6 rings (SSSR count). The van der Waals surface area contributed by atoms with Crippen molar-refractivity contribution in [2.24, 2.45) is 0 Å². The van der Waals surface area contributed by atoms with E-state index in [2.05, 4.69) is 59.3 Å². The molecular formula is C25H25N3S. The Morgan fingerprint density at radius 3 is 2.76 bits per heavy atom. The third-order valence-electron chi connectivity index (χ3n) is 6.86. The highest BCUT2D eigenvalue weighted by molar-refractivity contribution is 7.18. The van der Waals surface area contributed by atoms with Crippen LogP contribution in [0.2, 0.25) is 0 Å². The average Bonchev–Trinajstić information content (AvgIpc) is 3.32. The number of benzene rings is 2. The molecule has 0 unspecified atom stereocenters. The summed E-state index contributed by atoms with van der Waals surface area (Å²) in [6.07, 6.45) is 7.29. The van der Waals surface area contributed by atoms with Gasteiger partial charge in [-0.1, -0.05) is 24.3 Å². The van der Waals surface area contributed by atoms with Crippen LogP contribution in [0.1, 0.15) is 43.5 Å². The molecule has 0 bridgehead atoms. The molecule has 29 heavy (non-hydrogen) atoms. The number of hydrogen-bond acceptors (Lipinski definition) is 4. The first-order valence-electron chi connectivity index (χ1n) is 10.8. The van der Waals surface area contributed by atoms with Gasteiger partial charge in [0.1, 0.15) is 0 Å². The van der Waals surface area contributed by atoms with Crippen LogP contribution in [-0.2, 0) is 0 Å². The highest BCUT2D eigenvalue weighted by Crippen LogP contribution is 2.44. The van der Waals surface area contributed by atoms with E-state index in [1.807, 2.05) is 23.6 Å². The summed E-state index contributed by atoms with van der Waals surface area (Å²) >= 11 is 1.89. The maximum absolute atomic E-state index is 4.98. The Morgan fingerprint density at radius 2 is 1.90 bits per heavy atom. The Labute approximate surface area is 175 Å². The number of nitrogens with zero attached hydrogens (tertiary/aromatic N) is 3. The topological polar surface area (TPSA) is 29.0 Å². The van der Waals surface area contributed by atoms with Crippen molar-refractivity contribution in [1.82, 2.24) is 14.9 Å². The number of pyridine rings is 1. The van der Waals surface area contributed by atoms with E-state index in [9.17, 15) is 0 Å². The van der Waals surface area contributed by atoms with Crippen molar-refractivity contribution in [3.05, 3.63) is 59.7 Å². The molecule has 4 aromatic rings. The molecule has 0 N–H and O–H groups in total. The molecule has 3 nitrogen and oxygen atoms in total. The van der Waals surface area contributed by atoms with E-state index in [1.165, 1.54) is 58.4 Å². The maximum atomic E-state index is 4.98. The van der Waals surface area contributed by atoms with Crippen LogP contribution in [0.3, 0.4) is 0 Å². The van der Waals surface area contributed by atoms with Crippen molar-refractivity contribution < 1.29 is 0 Å². The lowest BCUT2D eigenvalue weighted by atomic mass is 9.79. The minimum atomic E-state index is 0.649. The van der Waals surface area contributed by atoms with Gasteiger partial charge in [0.25, 0.3) is 0 Å². The second kappa shape index (κ2) is 6.89. The summed E-state index contributed by atoms with van der Waals surface area (Å²) in [6, 6.07) is 18.7. The van der Waals surface area contributed by atoms with Crippen molar-refractivity contribution in [3.63, 3.8) is 0 Å². The van der Waals surface area contributed by atoms with Crippen LogP contribution in [0.5, 0.6) is 0 Å². The molecule has 2 aliphatic rings. The average molecular weight is 400 g/mol. The van der Waals surface area contributed by atoms with Crippen molar-refractivity contribution >= 4 is 32.5 Å². The van der Waals surface area contributed by atoms with Crippen LogP contribution >= 0.6 is 11.3 Å². The van der Waals surface area contributed by atoms with Gasteiger partial charge in [0.15, 0.2) is 0 Å². The van der Waals surface area contributed by atoms with Gasteiger partial charge < -0.3 is 0 Å². The van der Waals surface area contributed by atoms with E-state index in [1.54, 1.807) is 0 Å². The van der Waals surface area contributed by atoms with Crippen molar-refractivity contribution in [1.29, 1.82) is 0 Å². The van der Waals surface area contributed by atoms with Gasteiger partial charge in [0.2, 0.25) is 0 Å². The van der Waals surface area contributed by atoms with E-state index in [0.717, 1.165) is 23.1 Å². The van der Waals surface area contributed by atoms with Crippen LogP contribution < -0.4 is 0 Å². The fourth-order valence-electron chi connectivity index (χ4n) is 5.08. The molecule has 1 atom stereocenters. The number of hydrogen-bond donors (Lipinski definition) is 0. The third-order valence-corrected chi connectivity index (χ3v) is 8.05. The quantitative estimate of drug-likeness (QED) is 0.408. The van der Waals surface area contributed by atoms with Crippen molar-refractivity contribution in [3.8, 4) is 11.1 Å². The molecule has 4 heteroatoms. The van der Waals surface area contributed by atoms with E-state index in [4.69, 9.17) is 4.98 Å². The molecule has 2 aromatic carbocycles. The Morgan fingerprint density at radius 1 is 1.00 bits per heavy atom. The summed E-state index contributed by atoms with van der Waals surface area (Å²) in [4.78, 5) is 12.3. The fourth-order valence-corrected chi connectivity index (χ4v) is 6.22. The van der Waals surface area contributed by atoms with Gasteiger partial charge in [-0.3, -0.25) is 9.88 Å². The maximum Gasteiger partial charge on any atom is 0.0970 e. The molecule has 146 valence electrons. The smallest absolute Gasteiger partial charge is 0.0970 e. The first-order chi connectivity index (χ1) is 14.2. The monoisotopic (exact) mass is 399 g/mol. The summed E-state index contributed by atoms with van der Waals surface area (Å²) in [5, 5.41) is 2.52. The van der Waals surface area contributed by atoms with Gasteiger partial charge in [-0.2, -0.15) is 0 Å². The van der Waals surface area contributed by atoms with E-state index < -0.39 is 0 Å². The Hall–Kier alpha value is -2.30. The Kier molecular flexibility index (Phi) is 4.17. The second-order valence-electron chi connectivity index (χ2n) is 8.70. The first kappa shape index (κ1) is 17.5. The standard InChI is InChI=1S/C25H25N3S/c1-16-5-4-10-28(16)21-12-19(13-21)25-27-23-9-8-17(14-24(23)29-25)20-11-18-6-2-3-7-22(18)26-15-20/h2-3,6-9,11,14-16,19,21H,4-5,10,12-13H2,1H3/t16-,19-,21-/m1/s1. The zero-order valence-electron chi connectivity index (χ0n) is 16.7. The lowest BCUT2D eigenvalue weighted by Crippen LogP contribution is -2.45. The van der Waals surface area contributed by atoms with Gasteiger partial charge in [0, 0.05) is 35.1 Å². The molecule has 0 amide bonds. The lowest BCUT2D eigenvalue weighted by Gasteiger charge is -2.42. The van der Waals surface area contributed by atoms with Crippen LogP contribution in [0.15, 0.2) is 54.7 Å². The van der Waals surface area contributed by atoms with Crippen LogP contribution in [0, 0.1) is 0 Å². The highest BCUT2D eigenvalue weighted by Gasteiger charge is 2.39. The predicted molar refractivity (Wildman–Crippen MR) is 122 cm³/mol. The molecule has 1 aliphatic heterocycles. The minimum absolute atomic E-state index is 0.649. The Balaban J connectivity index is 1.25. The zero-order chi connectivity index (χ0) is 19.4. The molecule has 1 saturated heterocycles. The van der Waals surface area contributed by atoms with E-state index in [0.29, 0.717) is 5.92 Å². The third kappa shape index (κ3) is 3.06. The molecular weight excluding hydrogens is 374 g/mol. The summed E-state index contributed by atoms with van der Waals surface area (Å²) < 4.78 is 1.30. The number of para-hydroxylation sites is 1. The van der Waals surface area contributed by atoms with E-state index in [-0.39, 0.29) is 0 Å². The molecule has 1 saturated carbocycles. The Bertz CT molecular complexity index is 1190. The number of fused-ring (bicyclic) bond motifs is 2. The van der Waals surface area contributed by atoms with Crippen LogP contribution in [0.25, 0.3) is 32.2 Å². The SMILES string of the molecule is C[C@@H]1CCCN1[C@H]1C[C@H](c2nc3ccc(-c4cnc5ccccc5c4)cc3s2)C1. The van der Waals surface area contributed by atoms with Gasteiger partial charge in [-0.05, 0) is 69.0 Å². The highest BCUT2D eigenvalue weighted by atomic mass is 32.1. The van der Waals surface area contributed by atoms with Crippen LogP contribution in [0.4, 0.5) is 0 Å². The van der Waals surface area contributed by atoms with Gasteiger partial charge >= 0.3 is 0 Å². The van der Waals surface area contributed by atoms with Gasteiger partial charge in [-0.15, -0.1) is 11.3 Å². The second-order valence-corrected chi connectivity index (χ2v) is 9.76. The van der Waals surface area contributed by atoms with Gasteiger partial charge in [0.05, 0.1) is 20.7 Å². The number of likely N-dealkylation sites (tertiary alicyclic amines) is 1. The van der Waals surface area contributed by atoms with Crippen molar-refractivity contribution in [2.75, 3.05) is 6.54 Å². The normalized spacial score (nSPS) is 24.9. The fraction of sp³-hybridized carbons (Fsp3) is 0.360. The molecule has 2 fully saturated rings. The number of thiazole rings is 1. The predicted octanol–water partition coefficient (Wildman–Crippen LogP) is 6.24. The van der Waals surface area contributed by atoms with Crippen molar-refractivity contribution in [2.45, 2.75) is 50.6 Å². The molecule has 0 spiro atoms. The largest absolute Gasteiger partial charge is 0.298 e. The zero-order valence-corrected chi connectivity index (χ0v) is 17.5. The number of aromatic nitrogens is 2.